The maximum atomic E-state index is 10.0. The summed E-state index contributed by atoms with van der Waals surface area (Å²) in [4.78, 5) is 20.1. The van der Waals surface area contributed by atoms with Gasteiger partial charge in [-0.1, -0.05) is 0 Å². The van der Waals surface area contributed by atoms with E-state index in [1.807, 2.05) is 0 Å². The second kappa shape index (κ2) is 3.84. The van der Waals surface area contributed by atoms with Crippen LogP contribution in [-0.4, -0.2) is 29.7 Å². The van der Waals surface area contributed by atoms with Crippen molar-refractivity contribution in [3.05, 3.63) is 0 Å². The number of hydrogen-bond donors (Lipinski definition) is 2. The van der Waals surface area contributed by atoms with Crippen LogP contribution in [0.1, 0.15) is 6.92 Å². The molecule has 0 aromatic carbocycles. The van der Waals surface area contributed by atoms with Crippen LogP contribution in [0.2, 0.25) is 0 Å². The van der Waals surface area contributed by atoms with Gasteiger partial charge in [-0.15, -0.1) is 0 Å². The van der Waals surface area contributed by atoms with Crippen LogP contribution in [0.4, 0.5) is 0 Å². The normalized spacial score (nSPS) is 12.5. The van der Waals surface area contributed by atoms with E-state index < -0.39 is 18.0 Å². The second-order valence-corrected chi connectivity index (χ2v) is 1.76. The molecule has 0 aromatic heterocycles. The van der Waals surface area contributed by atoms with Gasteiger partial charge in [0.1, 0.15) is 6.61 Å². The van der Waals surface area contributed by atoms with Gasteiger partial charge in [0.15, 0.2) is 6.10 Å². The molecular weight excluding hydrogens is 138 g/mol. The highest BCUT2D eigenvalue weighted by atomic mass is 16.5. The highest BCUT2D eigenvalue weighted by Crippen LogP contribution is 1.88. The summed E-state index contributed by atoms with van der Waals surface area (Å²) in [7, 11) is 0. The topological polar surface area (TPSA) is 89.6 Å². The molecule has 1 amide bonds. The van der Waals surface area contributed by atoms with Crippen LogP contribution in [0, 0.1) is 0 Å². The van der Waals surface area contributed by atoms with E-state index in [4.69, 9.17) is 5.11 Å². The van der Waals surface area contributed by atoms with Gasteiger partial charge in [-0.05, 0) is 6.92 Å². The lowest BCUT2D eigenvalue weighted by Gasteiger charge is -2.04. The highest BCUT2D eigenvalue weighted by Gasteiger charge is 2.11. The molecule has 1 unspecified atom stereocenters. The Balaban J connectivity index is 3.49. The van der Waals surface area contributed by atoms with E-state index >= 15 is 0 Å². The number of carbonyl (C=O) groups excluding carboxylic acids is 1. The predicted octanol–water partition coefficient (Wildman–Crippen LogP) is -1.04. The fourth-order valence-corrected chi connectivity index (χ4v) is 0.278. The first-order valence-corrected chi connectivity index (χ1v) is 2.66. The first-order chi connectivity index (χ1) is 4.54. The van der Waals surface area contributed by atoms with Crippen molar-refractivity contribution in [3.8, 4) is 0 Å². The molecule has 0 saturated carbocycles. The molecule has 0 aliphatic rings. The number of carbonyl (C=O) groups is 2. The van der Waals surface area contributed by atoms with Gasteiger partial charge in [-0.2, -0.15) is 0 Å². The van der Waals surface area contributed by atoms with E-state index in [1.54, 1.807) is 0 Å². The summed E-state index contributed by atoms with van der Waals surface area (Å²) in [6, 6.07) is 0. The zero-order valence-electron chi connectivity index (χ0n) is 5.53. The molecular formula is C5H9NO4. The lowest BCUT2D eigenvalue weighted by Crippen LogP contribution is -2.26. The fourth-order valence-electron chi connectivity index (χ4n) is 0.278. The molecule has 5 heteroatoms. The van der Waals surface area contributed by atoms with Gasteiger partial charge in [-0.25, -0.2) is 4.79 Å². The van der Waals surface area contributed by atoms with E-state index in [0.29, 0.717) is 0 Å². The van der Waals surface area contributed by atoms with Crippen molar-refractivity contribution in [3.63, 3.8) is 0 Å². The Morgan fingerprint density at radius 1 is 1.70 bits per heavy atom. The molecule has 0 spiro atoms. The summed E-state index contributed by atoms with van der Waals surface area (Å²) in [5, 5.41) is 8.22. The number of ether oxygens (including phenoxy) is 1. The maximum absolute atomic E-state index is 10.0. The lowest BCUT2D eigenvalue weighted by atomic mass is 10.4. The van der Waals surface area contributed by atoms with Crippen LogP contribution >= 0.6 is 0 Å². The average Bonchev–Trinajstić information content (AvgIpc) is 1.82. The zero-order chi connectivity index (χ0) is 8.15. The average molecular weight is 147 g/mol. The van der Waals surface area contributed by atoms with Gasteiger partial charge in [0, 0.05) is 0 Å². The molecule has 58 valence electrons. The summed E-state index contributed by atoms with van der Waals surface area (Å²) in [5.41, 5.74) is 4.68. The number of carboxylic acids is 1. The van der Waals surface area contributed by atoms with Crippen LogP contribution in [0.3, 0.4) is 0 Å². The third kappa shape index (κ3) is 3.85. The minimum atomic E-state index is -1.11. The molecule has 0 radical (unpaired) electrons. The molecule has 10 heavy (non-hydrogen) atoms. The number of aliphatic carboxylic acids is 1. The van der Waals surface area contributed by atoms with Crippen LogP contribution in [0.25, 0.3) is 0 Å². The SMILES string of the molecule is CC(OCC(N)=O)C(=O)O. The largest absolute Gasteiger partial charge is 0.479 e. The van der Waals surface area contributed by atoms with Crippen molar-refractivity contribution in [1.82, 2.24) is 0 Å². The van der Waals surface area contributed by atoms with Gasteiger partial charge in [0.05, 0.1) is 0 Å². The molecule has 0 fully saturated rings. The Hall–Kier alpha value is -1.10. The summed E-state index contributed by atoms with van der Waals surface area (Å²) in [6.45, 7) is 0.971. The Kier molecular flexibility index (Phi) is 3.42. The van der Waals surface area contributed by atoms with Gasteiger partial charge in [0.25, 0.3) is 0 Å². The Morgan fingerprint density at radius 3 is 2.50 bits per heavy atom. The van der Waals surface area contributed by atoms with Crippen molar-refractivity contribution in [2.24, 2.45) is 5.73 Å². The van der Waals surface area contributed by atoms with Gasteiger partial charge in [0.2, 0.25) is 5.91 Å². The minimum absolute atomic E-state index is 0.354. The van der Waals surface area contributed by atoms with Crippen molar-refractivity contribution < 1.29 is 19.4 Å². The molecule has 0 saturated heterocycles. The van der Waals surface area contributed by atoms with Crippen LogP contribution in [0.5, 0.6) is 0 Å². The molecule has 0 rings (SSSR count). The molecule has 0 aliphatic carbocycles. The molecule has 0 bridgehead atoms. The number of hydrogen-bond acceptors (Lipinski definition) is 3. The monoisotopic (exact) mass is 147 g/mol. The summed E-state index contributed by atoms with van der Waals surface area (Å²) in [6.07, 6.45) is -0.979. The molecule has 0 heterocycles. The molecule has 3 N–H and O–H groups in total. The van der Waals surface area contributed by atoms with Gasteiger partial charge < -0.3 is 15.6 Å². The Morgan fingerprint density at radius 2 is 2.20 bits per heavy atom. The van der Waals surface area contributed by atoms with Crippen LogP contribution in [0.15, 0.2) is 0 Å². The van der Waals surface area contributed by atoms with E-state index in [0.717, 1.165) is 0 Å². The number of rotatable bonds is 4. The third-order valence-electron chi connectivity index (χ3n) is 0.823. The number of amides is 1. The lowest BCUT2D eigenvalue weighted by molar-refractivity contribution is -0.150. The van der Waals surface area contributed by atoms with Crippen LogP contribution in [-0.2, 0) is 14.3 Å². The van der Waals surface area contributed by atoms with Crippen molar-refractivity contribution >= 4 is 11.9 Å². The minimum Gasteiger partial charge on any atom is -0.479 e. The molecule has 0 aromatic rings. The predicted molar refractivity (Wildman–Crippen MR) is 32.2 cm³/mol. The molecule has 0 aliphatic heterocycles. The fraction of sp³-hybridized carbons (Fsp3) is 0.600. The standard InChI is InChI=1S/C5H9NO4/c1-3(5(8)9)10-2-4(6)7/h3H,2H2,1H3,(H2,6,7)(H,8,9). The smallest absolute Gasteiger partial charge is 0.332 e. The van der Waals surface area contributed by atoms with E-state index in [9.17, 15) is 9.59 Å². The first kappa shape index (κ1) is 8.90. The summed E-state index contributed by atoms with van der Waals surface area (Å²) >= 11 is 0. The zero-order valence-corrected chi connectivity index (χ0v) is 5.53. The Labute approximate surface area is 57.8 Å². The second-order valence-electron chi connectivity index (χ2n) is 1.76. The number of carboxylic acid groups (broad SMARTS) is 1. The third-order valence-corrected chi connectivity index (χ3v) is 0.823. The molecule has 5 nitrogen and oxygen atoms in total. The van der Waals surface area contributed by atoms with Crippen molar-refractivity contribution in [2.45, 2.75) is 13.0 Å². The number of nitrogens with two attached hydrogens (primary N) is 1. The summed E-state index contributed by atoms with van der Waals surface area (Å²) < 4.78 is 4.49. The molecule has 1 atom stereocenters. The quantitative estimate of drug-likeness (QED) is 0.531. The van der Waals surface area contributed by atoms with Crippen LogP contribution < -0.4 is 5.73 Å². The highest BCUT2D eigenvalue weighted by molar-refractivity contribution is 5.76. The number of primary amides is 1. The van der Waals surface area contributed by atoms with Crippen molar-refractivity contribution in [1.29, 1.82) is 0 Å². The first-order valence-electron chi connectivity index (χ1n) is 2.66. The van der Waals surface area contributed by atoms with Gasteiger partial charge >= 0.3 is 5.97 Å². The maximum Gasteiger partial charge on any atom is 0.332 e. The van der Waals surface area contributed by atoms with E-state index in [1.165, 1.54) is 6.92 Å². The van der Waals surface area contributed by atoms with Gasteiger partial charge in [-0.3, -0.25) is 4.79 Å². The van der Waals surface area contributed by atoms with Crippen molar-refractivity contribution in [2.75, 3.05) is 6.61 Å². The summed E-state index contributed by atoms with van der Waals surface area (Å²) in [5.74, 6) is -1.78. The Bertz CT molecular complexity index is 145. The van der Waals surface area contributed by atoms with E-state index in [2.05, 4.69) is 10.5 Å². The van der Waals surface area contributed by atoms with E-state index in [-0.39, 0.29) is 6.61 Å².